The maximum absolute atomic E-state index is 12.2. The van der Waals surface area contributed by atoms with Gasteiger partial charge in [0.05, 0.1) is 0 Å². The fourth-order valence-corrected chi connectivity index (χ4v) is 2.48. The number of hydrogen-bond acceptors (Lipinski definition) is 4. The van der Waals surface area contributed by atoms with Crippen molar-refractivity contribution in [3.8, 4) is 11.5 Å². The number of fused-ring (bicyclic) bond motifs is 1. The first-order valence-corrected chi connectivity index (χ1v) is 8.33. The van der Waals surface area contributed by atoms with Crippen LogP contribution < -0.4 is 20.1 Å². The maximum atomic E-state index is 12.2. The molecule has 0 saturated heterocycles. The van der Waals surface area contributed by atoms with Gasteiger partial charge in [0.1, 0.15) is 6.17 Å². The summed E-state index contributed by atoms with van der Waals surface area (Å²) in [6.07, 6.45) is 0.222. The third-order valence-electron chi connectivity index (χ3n) is 3.53. The average molecular weight is 334 g/mol. The number of nitrogens with one attached hydrogen (secondary N) is 2. The second-order valence-corrected chi connectivity index (χ2v) is 6.88. The molecule has 2 rings (SSSR count). The lowest BCUT2D eigenvalue weighted by Crippen LogP contribution is -2.41. The van der Waals surface area contributed by atoms with Crippen molar-refractivity contribution in [3.63, 3.8) is 0 Å². The van der Waals surface area contributed by atoms with E-state index in [-0.39, 0.29) is 30.4 Å². The molecule has 1 aliphatic heterocycles. The highest BCUT2D eigenvalue weighted by atomic mass is 16.7. The van der Waals surface area contributed by atoms with Crippen molar-refractivity contribution < 1.29 is 19.1 Å². The van der Waals surface area contributed by atoms with Gasteiger partial charge in [0.2, 0.25) is 18.6 Å². The Labute approximate surface area is 142 Å². The molecule has 2 N–H and O–H groups in total. The van der Waals surface area contributed by atoms with E-state index in [0.29, 0.717) is 24.3 Å². The summed E-state index contributed by atoms with van der Waals surface area (Å²) < 4.78 is 10.7. The number of benzene rings is 1. The first-order chi connectivity index (χ1) is 11.3. The quantitative estimate of drug-likeness (QED) is 0.752. The molecule has 132 valence electrons. The van der Waals surface area contributed by atoms with Crippen molar-refractivity contribution in [3.05, 3.63) is 23.8 Å². The van der Waals surface area contributed by atoms with E-state index in [4.69, 9.17) is 9.47 Å². The van der Waals surface area contributed by atoms with Crippen molar-refractivity contribution in [1.82, 2.24) is 10.6 Å². The standard InChI is InChI=1S/C18H26N2O4/c1-11(2)7-16(21)19-18(20-17(22)8-12(3)4)13-5-6-14-15(9-13)24-10-23-14/h5-6,9,11-12,18H,7-8,10H2,1-4H3,(H,19,21)(H,20,22). The van der Waals surface area contributed by atoms with E-state index in [1.54, 1.807) is 12.1 Å². The molecule has 0 bridgehead atoms. The van der Waals surface area contributed by atoms with Gasteiger partial charge in [-0.05, 0) is 29.5 Å². The molecule has 1 aliphatic rings. The Hall–Kier alpha value is -2.24. The van der Waals surface area contributed by atoms with Crippen LogP contribution in [-0.4, -0.2) is 18.6 Å². The molecule has 0 aliphatic carbocycles. The molecule has 0 radical (unpaired) electrons. The normalized spacial score (nSPS) is 12.8. The van der Waals surface area contributed by atoms with Crippen LogP contribution in [0.3, 0.4) is 0 Å². The minimum atomic E-state index is -0.586. The van der Waals surface area contributed by atoms with Crippen LogP contribution in [0.5, 0.6) is 11.5 Å². The molecule has 0 saturated carbocycles. The fourth-order valence-electron chi connectivity index (χ4n) is 2.48. The molecular formula is C18H26N2O4. The molecule has 6 heteroatoms. The van der Waals surface area contributed by atoms with Gasteiger partial charge in [0, 0.05) is 12.8 Å². The minimum Gasteiger partial charge on any atom is -0.454 e. The van der Waals surface area contributed by atoms with E-state index in [9.17, 15) is 9.59 Å². The Morgan fingerprint density at radius 1 is 0.958 bits per heavy atom. The number of carbonyl (C=O) groups is 2. The van der Waals surface area contributed by atoms with E-state index in [0.717, 1.165) is 5.56 Å². The summed E-state index contributed by atoms with van der Waals surface area (Å²) >= 11 is 0. The Morgan fingerprint density at radius 3 is 2.04 bits per heavy atom. The summed E-state index contributed by atoms with van der Waals surface area (Å²) in [5, 5.41) is 5.79. The minimum absolute atomic E-state index is 0.0995. The van der Waals surface area contributed by atoms with Crippen LogP contribution in [0.25, 0.3) is 0 Å². The van der Waals surface area contributed by atoms with Gasteiger partial charge < -0.3 is 20.1 Å². The zero-order valence-electron chi connectivity index (χ0n) is 14.7. The summed E-state index contributed by atoms with van der Waals surface area (Å²) in [7, 11) is 0. The first-order valence-electron chi connectivity index (χ1n) is 8.33. The molecule has 1 aromatic carbocycles. The van der Waals surface area contributed by atoms with Crippen molar-refractivity contribution in [1.29, 1.82) is 0 Å². The molecule has 2 amide bonds. The predicted molar refractivity (Wildman–Crippen MR) is 90.5 cm³/mol. The predicted octanol–water partition coefficient (Wildman–Crippen LogP) is 2.74. The molecule has 1 heterocycles. The highest BCUT2D eigenvalue weighted by molar-refractivity contribution is 5.79. The van der Waals surface area contributed by atoms with Gasteiger partial charge in [-0.3, -0.25) is 9.59 Å². The molecule has 0 fully saturated rings. The van der Waals surface area contributed by atoms with E-state index in [2.05, 4.69) is 10.6 Å². The average Bonchev–Trinajstić information content (AvgIpc) is 2.91. The topological polar surface area (TPSA) is 76.7 Å². The molecule has 0 aromatic heterocycles. The zero-order chi connectivity index (χ0) is 17.7. The van der Waals surface area contributed by atoms with E-state index >= 15 is 0 Å². The van der Waals surface area contributed by atoms with Crippen LogP contribution in [-0.2, 0) is 9.59 Å². The molecule has 24 heavy (non-hydrogen) atoms. The molecule has 0 unspecified atom stereocenters. The lowest BCUT2D eigenvalue weighted by Gasteiger charge is -2.22. The molecule has 6 nitrogen and oxygen atoms in total. The van der Waals surface area contributed by atoms with Crippen molar-refractivity contribution in [2.45, 2.75) is 46.7 Å². The van der Waals surface area contributed by atoms with Crippen LogP contribution in [0.1, 0.15) is 52.3 Å². The molecule has 1 aromatic rings. The number of ether oxygens (including phenoxy) is 2. The van der Waals surface area contributed by atoms with Gasteiger partial charge in [-0.15, -0.1) is 0 Å². The Kier molecular flexibility index (Phi) is 6.06. The summed E-state index contributed by atoms with van der Waals surface area (Å²) in [4.78, 5) is 24.3. The van der Waals surface area contributed by atoms with Crippen LogP contribution in [0.15, 0.2) is 18.2 Å². The Bertz CT molecular complexity index is 575. The second kappa shape index (κ2) is 8.04. The van der Waals surface area contributed by atoms with Gasteiger partial charge in [0.15, 0.2) is 11.5 Å². The monoisotopic (exact) mass is 334 g/mol. The summed E-state index contributed by atoms with van der Waals surface area (Å²) in [5.41, 5.74) is 0.758. The SMILES string of the molecule is CC(C)CC(=O)NC(NC(=O)CC(C)C)c1ccc2c(c1)OCO2. The maximum Gasteiger partial charge on any atom is 0.231 e. The van der Waals surface area contributed by atoms with Crippen LogP contribution in [0.2, 0.25) is 0 Å². The van der Waals surface area contributed by atoms with Gasteiger partial charge in [-0.2, -0.15) is 0 Å². The van der Waals surface area contributed by atoms with Crippen molar-refractivity contribution in [2.75, 3.05) is 6.79 Å². The van der Waals surface area contributed by atoms with Gasteiger partial charge in [0.25, 0.3) is 0 Å². The first kappa shape index (κ1) is 18.1. The second-order valence-electron chi connectivity index (χ2n) is 6.88. The summed E-state index contributed by atoms with van der Waals surface area (Å²) in [5.74, 6) is 1.57. The number of hydrogen-bond donors (Lipinski definition) is 2. The number of carbonyl (C=O) groups excluding carboxylic acids is 2. The summed E-state index contributed by atoms with van der Waals surface area (Å²) in [6.45, 7) is 8.10. The lowest BCUT2D eigenvalue weighted by atomic mass is 10.1. The smallest absolute Gasteiger partial charge is 0.231 e. The largest absolute Gasteiger partial charge is 0.454 e. The highest BCUT2D eigenvalue weighted by Gasteiger charge is 2.21. The summed E-state index contributed by atoms with van der Waals surface area (Å²) in [6, 6.07) is 5.40. The Morgan fingerprint density at radius 2 is 1.50 bits per heavy atom. The number of amides is 2. The lowest BCUT2D eigenvalue weighted by molar-refractivity contribution is -0.125. The van der Waals surface area contributed by atoms with E-state index < -0.39 is 6.17 Å². The van der Waals surface area contributed by atoms with E-state index in [1.165, 1.54) is 0 Å². The molecule has 0 spiro atoms. The highest BCUT2D eigenvalue weighted by Crippen LogP contribution is 2.33. The molecule has 0 atom stereocenters. The van der Waals surface area contributed by atoms with Crippen LogP contribution in [0, 0.1) is 11.8 Å². The van der Waals surface area contributed by atoms with Gasteiger partial charge >= 0.3 is 0 Å². The van der Waals surface area contributed by atoms with Gasteiger partial charge in [-0.25, -0.2) is 0 Å². The van der Waals surface area contributed by atoms with Crippen LogP contribution in [0.4, 0.5) is 0 Å². The third-order valence-corrected chi connectivity index (χ3v) is 3.53. The van der Waals surface area contributed by atoms with Crippen molar-refractivity contribution in [2.24, 2.45) is 11.8 Å². The van der Waals surface area contributed by atoms with E-state index in [1.807, 2.05) is 33.8 Å². The zero-order valence-corrected chi connectivity index (χ0v) is 14.7. The third kappa shape index (κ3) is 5.15. The number of rotatable bonds is 7. The van der Waals surface area contributed by atoms with Crippen molar-refractivity contribution >= 4 is 11.8 Å². The fraction of sp³-hybridized carbons (Fsp3) is 0.556. The Balaban J connectivity index is 2.15. The van der Waals surface area contributed by atoms with Gasteiger partial charge in [-0.1, -0.05) is 33.8 Å². The molecular weight excluding hydrogens is 308 g/mol. The van der Waals surface area contributed by atoms with Crippen LogP contribution >= 0.6 is 0 Å².